The van der Waals surface area contributed by atoms with Gasteiger partial charge in [-0.15, -0.1) is 0 Å². The molecular formula is C12H25NO5. The zero-order chi connectivity index (χ0) is 14.4. The van der Waals surface area contributed by atoms with E-state index in [1.807, 2.05) is 0 Å². The first-order chi connectivity index (χ1) is 8.47. The van der Waals surface area contributed by atoms with Crippen LogP contribution in [-0.2, 0) is 19.1 Å². The summed E-state index contributed by atoms with van der Waals surface area (Å²) in [4.78, 5) is 20.7. The normalized spacial score (nSPS) is 16.6. The molecule has 0 bridgehead atoms. The van der Waals surface area contributed by atoms with Crippen LogP contribution in [0.2, 0.25) is 0 Å². The molecule has 1 heterocycles. The lowest BCUT2D eigenvalue weighted by molar-refractivity contribution is -0.140. The number of amides is 1. The van der Waals surface area contributed by atoms with Crippen LogP contribution in [0.25, 0.3) is 0 Å². The van der Waals surface area contributed by atoms with Gasteiger partial charge in [0.2, 0.25) is 6.41 Å². The highest BCUT2D eigenvalue weighted by Crippen LogP contribution is 2.09. The van der Waals surface area contributed by atoms with E-state index >= 15 is 0 Å². The summed E-state index contributed by atoms with van der Waals surface area (Å²) in [6.07, 6.45) is 3.06. The lowest BCUT2D eigenvalue weighted by Crippen LogP contribution is -2.09. The van der Waals surface area contributed by atoms with Crippen LogP contribution in [0.1, 0.15) is 26.7 Å². The first kappa shape index (κ1) is 19.2. The molecule has 1 saturated heterocycles. The zero-order valence-corrected chi connectivity index (χ0v) is 11.7. The van der Waals surface area contributed by atoms with Crippen LogP contribution >= 0.6 is 0 Å². The van der Waals surface area contributed by atoms with Gasteiger partial charge in [0.1, 0.15) is 0 Å². The van der Waals surface area contributed by atoms with Crippen LogP contribution in [-0.4, -0.2) is 62.4 Å². The van der Waals surface area contributed by atoms with Crippen molar-refractivity contribution in [2.45, 2.75) is 32.8 Å². The Morgan fingerprint density at radius 2 is 2.11 bits per heavy atom. The van der Waals surface area contributed by atoms with E-state index in [0.29, 0.717) is 6.61 Å². The van der Waals surface area contributed by atoms with Gasteiger partial charge in [0, 0.05) is 27.6 Å². The van der Waals surface area contributed by atoms with E-state index in [0.717, 1.165) is 25.9 Å². The van der Waals surface area contributed by atoms with Crippen LogP contribution in [0.3, 0.4) is 0 Å². The predicted molar refractivity (Wildman–Crippen MR) is 68.1 cm³/mol. The van der Waals surface area contributed by atoms with E-state index in [1.54, 1.807) is 21.0 Å². The Morgan fingerprint density at radius 3 is 2.22 bits per heavy atom. The molecule has 1 amide bonds. The van der Waals surface area contributed by atoms with Gasteiger partial charge >= 0.3 is 5.97 Å². The molecule has 1 N–H and O–H groups in total. The average Bonchev–Trinajstić information content (AvgIpc) is 2.83. The molecule has 1 unspecified atom stereocenters. The summed E-state index contributed by atoms with van der Waals surface area (Å²) < 4.78 is 9.45. The van der Waals surface area contributed by atoms with Crippen LogP contribution in [0.5, 0.6) is 0 Å². The lowest BCUT2D eigenvalue weighted by Gasteiger charge is -2.00. The summed E-state index contributed by atoms with van der Waals surface area (Å²) in [5.74, 6) is -0.211. The number of nitrogens with zero attached hydrogens (tertiary/aromatic N) is 1. The van der Waals surface area contributed by atoms with Crippen molar-refractivity contribution in [3.05, 3.63) is 0 Å². The van der Waals surface area contributed by atoms with E-state index in [2.05, 4.69) is 4.74 Å². The molecule has 0 spiro atoms. The second-order valence-corrected chi connectivity index (χ2v) is 3.81. The Kier molecular flexibility index (Phi) is 14.9. The Labute approximate surface area is 109 Å². The second kappa shape index (κ2) is 13.9. The van der Waals surface area contributed by atoms with Gasteiger partial charge in [0.05, 0.1) is 19.3 Å². The molecule has 0 saturated carbocycles. The maximum atomic E-state index is 9.82. The number of esters is 1. The third kappa shape index (κ3) is 17.3. The first-order valence-corrected chi connectivity index (χ1v) is 5.95. The fourth-order valence-electron chi connectivity index (χ4n) is 0.992. The molecule has 0 aliphatic carbocycles. The van der Waals surface area contributed by atoms with Crippen molar-refractivity contribution in [1.29, 1.82) is 0 Å². The number of hydrogen-bond acceptors (Lipinski definition) is 5. The topological polar surface area (TPSA) is 76.1 Å². The number of hydrogen-bond donors (Lipinski definition) is 1. The van der Waals surface area contributed by atoms with Crippen molar-refractivity contribution in [2.24, 2.45) is 0 Å². The minimum Gasteiger partial charge on any atom is -0.466 e. The second-order valence-electron chi connectivity index (χ2n) is 3.81. The van der Waals surface area contributed by atoms with Gasteiger partial charge in [0.15, 0.2) is 0 Å². The van der Waals surface area contributed by atoms with Crippen LogP contribution < -0.4 is 0 Å². The quantitative estimate of drug-likeness (QED) is 0.590. The van der Waals surface area contributed by atoms with E-state index in [9.17, 15) is 9.59 Å². The molecule has 1 fully saturated rings. The summed E-state index contributed by atoms with van der Waals surface area (Å²) in [5.41, 5.74) is 0. The summed E-state index contributed by atoms with van der Waals surface area (Å²) >= 11 is 0. The minimum absolute atomic E-state index is 0.153. The number of carbonyl (C=O) groups is 2. The third-order valence-corrected chi connectivity index (χ3v) is 1.79. The molecule has 0 aromatic heterocycles. The monoisotopic (exact) mass is 263 g/mol. The molecule has 1 aliphatic heterocycles. The molecule has 6 heteroatoms. The SMILES string of the molecule is CCOC(C)=O.CN(C)C=O.OCC1CCCO1. The maximum Gasteiger partial charge on any atom is 0.302 e. The fourth-order valence-corrected chi connectivity index (χ4v) is 0.992. The maximum absolute atomic E-state index is 9.82. The van der Waals surface area contributed by atoms with Crippen molar-refractivity contribution < 1.29 is 24.2 Å². The molecule has 108 valence electrons. The largest absolute Gasteiger partial charge is 0.466 e. The molecule has 0 aromatic rings. The summed E-state index contributed by atoms with van der Waals surface area (Å²) in [6.45, 7) is 4.69. The Balaban J connectivity index is 0. The zero-order valence-electron chi connectivity index (χ0n) is 11.7. The smallest absolute Gasteiger partial charge is 0.302 e. The van der Waals surface area contributed by atoms with Gasteiger partial charge in [-0.05, 0) is 19.8 Å². The average molecular weight is 263 g/mol. The predicted octanol–water partition coefficient (Wildman–Crippen LogP) is 0.431. The lowest BCUT2D eigenvalue weighted by atomic mass is 10.2. The Hall–Kier alpha value is -1.14. The van der Waals surface area contributed by atoms with Crippen LogP contribution in [0.15, 0.2) is 0 Å². The van der Waals surface area contributed by atoms with Gasteiger partial charge < -0.3 is 19.5 Å². The molecule has 18 heavy (non-hydrogen) atoms. The molecule has 0 radical (unpaired) electrons. The molecule has 1 atom stereocenters. The highest BCUT2D eigenvalue weighted by molar-refractivity contribution is 5.65. The number of aliphatic hydroxyl groups excluding tert-OH is 1. The number of ether oxygens (including phenoxy) is 2. The molecule has 0 aromatic carbocycles. The van der Waals surface area contributed by atoms with Crippen molar-refractivity contribution in [2.75, 3.05) is 33.9 Å². The highest BCUT2D eigenvalue weighted by atomic mass is 16.5. The van der Waals surface area contributed by atoms with Crippen molar-refractivity contribution in [3.8, 4) is 0 Å². The van der Waals surface area contributed by atoms with Gasteiger partial charge in [-0.3, -0.25) is 9.59 Å². The number of aliphatic hydroxyl groups is 1. The van der Waals surface area contributed by atoms with Crippen molar-refractivity contribution in [3.63, 3.8) is 0 Å². The first-order valence-electron chi connectivity index (χ1n) is 5.95. The van der Waals surface area contributed by atoms with E-state index in [-0.39, 0.29) is 18.7 Å². The van der Waals surface area contributed by atoms with Gasteiger partial charge in [-0.1, -0.05) is 0 Å². The number of carbonyl (C=O) groups excluding carboxylic acids is 2. The van der Waals surface area contributed by atoms with Crippen LogP contribution in [0.4, 0.5) is 0 Å². The summed E-state index contributed by atoms with van der Waals surface area (Å²) in [5, 5.41) is 8.44. The van der Waals surface area contributed by atoms with Gasteiger partial charge in [0.25, 0.3) is 0 Å². The van der Waals surface area contributed by atoms with Crippen molar-refractivity contribution >= 4 is 12.4 Å². The minimum atomic E-state index is -0.211. The van der Waals surface area contributed by atoms with E-state index in [1.165, 1.54) is 11.8 Å². The van der Waals surface area contributed by atoms with E-state index in [4.69, 9.17) is 9.84 Å². The molecule has 6 nitrogen and oxygen atoms in total. The summed E-state index contributed by atoms with van der Waals surface area (Å²) in [6, 6.07) is 0. The molecular weight excluding hydrogens is 238 g/mol. The number of rotatable bonds is 3. The highest BCUT2D eigenvalue weighted by Gasteiger charge is 2.12. The van der Waals surface area contributed by atoms with Crippen LogP contribution in [0, 0.1) is 0 Å². The third-order valence-electron chi connectivity index (χ3n) is 1.79. The Morgan fingerprint density at radius 1 is 1.56 bits per heavy atom. The molecule has 1 rings (SSSR count). The summed E-state index contributed by atoms with van der Waals surface area (Å²) in [7, 11) is 3.38. The van der Waals surface area contributed by atoms with Gasteiger partial charge in [-0.2, -0.15) is 0 Å². The van der Waals surface area contributed by atoms with Gasteiger partial charge in [-0.25, -0.2) is 0 Å². The Bertz CT molecular complexity index is 203. The van der Waals surface area contributed by atoms with Crippen molar-refractivity contribution in [1.82, 2.24) is 4.90 Å². The fraction of sp³-hybridized carbons (Fsp3) is 0.833. The standard InChI is InChI=1S/C5H10O2.C4H8O2.C3H7NO/c6-4-5-2-1-3-7-5;1-3-6-4(2)5;1-4(2)3-5/h5-6H,1-4H2;3H2,1-2H3;3H,1-2H3. The molecule has 1 aliphatic rings. The van der Waals surface area contributed by atoms with E-state index < -0.39 is 0 Å².